The molecule has 1 aliphatic rings. The number of hydrogen-bond acceptors (Lipinski definition) is 2. The fraction of sp³-hybridized carbons (Fsp3) is 0.500. The van der Waals surface area contributed by atoms with E-state index in [1.165, 1.54) is 25.7 Å². The highest BCUT2D eigenvalue weighted by Gasteiger charge is 2.12. The van der Waals surface area contributed by atoms with Crippen molar-refractivity contribution in [3.8, 4) is 6.07 Å². The quantitative estimate of drug-likeness (QED) is 0.437. The molecule has 1 N–H and O–H groups in total. The Balaban J connectivity index is 2.71. The number of carbonyl (C=O) groups is 1. The van der Waals surface area contributed by atoms with Crippen LogP contribution < -0.4 is 0 Å². The lowest BCUT2D eigenvalue weighted by atomic mass is 10.0. The second-order valence-corrected chi connectivity index (χ2v) is 3.88. The fourth-order valence-corrected chi connectivity index (χ4v) is 1.82. The summed E-state index contributed by atoms with van der Waals surface area (Å²) in [4.78, 5) is 10.7. The summed E-state index contributed by atoms with van der Waals surface area (Å²) in [5.41, 5.74) is 0.376. The van der Waals surface area contributed by atoms with E-state index in [-0.39, 0.29) is 5.57 Å². The topological polar surface area (TPSA) is 61.1 Å². The van der Waals surface area contributed by atoms with E-state index < -0.39 is 5.97 Å². The van der Waals surface area contributed by atoms with Gasteiger partial charge in [-0.25, -0.2) is 4.79 Å². The highest BCUT2D eigenvalue weighted by Crippen LogP contribution is 2.26. The van der Waals surface area contributed by atoms with Crippen molar-refractivity contribution in [1.29, 1.82) is 5.26 Å². The molecule has 0 aromatic rings. The third kappa shape index (κ3) is 3.25. The molecular weight excluding hydrogens is 190 g/mol. The first-order valence-corrected chi connectivity index (χ1v) is 5.17. The van der Waals surface area contributed by atoms with Gasteiger partial charge in [-0.05, 0) is 31.3 Å². The SMILES string of the molecule is CC(/C=C/C1CCCC1)=C(\C#N)C(=O)O. The van der Waals surface area contributed by atoms with Gasteiger partial charge in [-0.15, -0.1) is 0 Å². The number of nitriles is 1. The van der Waals surface area contributed by atoms with Crippen molar-refractivity contribution >= 4 is 5.97 Å². The average molecular weight is 205 g/mol. The molecule has 0 aliphatic heterocycles. The first kappa shape index (κ1) is 11.5. The standard InChI is InChI=1S/C12H15NO2/c1-9(11(8-13)12(14)15)6-7-10-4-2-3-5-10/h6-7,10H,2-5H2,1H3,(H,14,15)/b7-6+,11-9-. The van der Waals surface area contributed by atoms with Crippen LogP contribution in [0.25, 0.3) is 0 Å². The van der Waals surface area contributed by atoms with Crippen molar-refractivity contribution in [2.45, 2.75) is 32.6 Å². The van der Waals surface area contributed by atoms with Crippen LogP contribution in [0, 0.1) is 17.2 Å². The Labute approximate surface area is 89.7 Å². The van der Waals surface area contributed by atoms with Crippen molar-refractivity contribution < 1.29 is 9.90 Å². The van der Waals surface area contributed by atoms with Gasteiger partial charge in [0.2, 0.25) is 0 Å². The zero-order chi connectivity index (χ0) is 11.3. The lowest BCUT2D eigenvalue weighted by molar-refractivity contribution is -0.132. The van der Waals surface area contributed by atoms with Gasteiger partial charge < -0.3 is 5.11 Å². The molecule has 80 valence electrons. The number of aliphatic carboxylic acids is 1. The maximum atomic E-state index is 10.7. The number of nitrogens with zero attached hydrogens (tertiary/aromatic N) is 1. The second kappa shape index (κ2) is 5.35. The van der Waals surface area contributed by atoms with Crippen LogP contribution in [0.5, 0.6) is 0 Å². The minimum atomic E-state index is -1.15. The normalized spacial score (nSPS) is 18.9. The van der Waals surface area contributed by atoms with E-state index in [0.717, 1.165) is 0 Å². The molecule has 1 fully saturated rings. The number of carboxylic acids is 1. The molecule has 3 nitrogen and oxygen atoms in total. The molecule has 0 aromatic heterocycles. The van der Waals surface area contributed by atoms with Crippen LogP contribution in [0.4, 0.5) is 0 Å². The molecular formula is C12H15NO2. The van der Waals surface area contributed by atoms with Crippen LogP contribution >= 0.6 is 0 Å². The molecule has 0 aromatic carbocycles. The van der Waals surface area contributed by atoms with Crippen LogP contribution in [-0.2, 0) is 4.79 Å². The van der Waals surface area contributed by atoms with Crippen LogP contribution in [0.2, 0.25) is 0 Å². The van der Waals surface area contributed by atoms with Crippen LogP contribution in [0.1, 0.15) is 32.6 Å². The van der Waals surface area contributed by atoms with E-state index in [9.17, 15) is 4.79 Å². The Morgan fingerprint density at radius 1 is 1.47 bits per heavy atom. The van der Waals surface area contributed by atoms with E-state index in [1.54, 1.807) is 19.1 Å². The zero-order valence-corrected chi connectivity index (χ0v) is 8.86. The monoisotopic (exact) mass is 205 g/mol. The van der Waals surface area contributed by atoms with Crippen molar-refractivity contribution in [3.63, 3.8) is 0 Å². The van der Waals surface area contributed by atoms with Gasteiger partial charge in [0.1, 0.15) is 11.6 Å². The molecule has 0 atom stereocenters. The number of rotatable bonds is 3. The lowest BCUT2D eigenvalue weighted by Gasteiger charge is -2.00. The third-order valence-corrected chi connectivity index (χ3v) is 2.74. The van der Waals surface area contributed by atoms with Crippen LogP contribution in [-0.4, -0.2) is 11.1 Å². The Morgan fingerprint density at radius 2 is 2.07 bits per heavy atom. The predicted octanol–water partition coefficient (Wildman–Crippen LogP) is 2.66. The van der Waals surface area contributed by atoms with E-state index in [0.29, 0.717) is 11.5 Å². The Kier molecular flexibility index (Phi) is 4.11. The molecule has 3 heteroatoms. The van der Waals surface area contributed by atoms with Gasteiger partial charge in [0.25, 0.3) is 0 Å². The van der Waals surface area contributed by atoms with Gasteiger partial charge in [-0.3, -0.25) is 0 Å². The van der Waals surface area contributed by atoms with Gasteiger partial charge >= 0.3 is 5.97 Å². The molecule has 1 saturated carbocycles. The molecule has 15 heavy (non-hydrogen) atoms. The summed E-state index contributed by atoms with van der Waals surface area (Å²) >= 11 is 0. The van der Waals surface area contributed by atoms with Crippen molar-refractivity contribution in [3.05, 3.63) is 23.3 Å². The van der Waals surface area contributed by atoms with Crippen LogP contribution in [0.15, 0.2) is 23.3 Å². The maximum Gasteiger partial charge on any atom is 0.346 e. The highest BCUT2D eigenvalue weighted by atomic mass is 16.4. The third-order valence-electron chi connectivity index (χ3n) is 2.74. The molecule has 0 radical (unpaired) electrons. The summed E-state index contributed by atoms with van der Waals surface area (Å²) in [6, 6.07) is 1.71. The first-order valence-electron chi connectivity index (χ1n) is 5.17. The highest BCUT2D eigenvalue weighted by molar-refractivity contribution is 5.92. The largest absolute Gasteiger partial charge is 0.477 e. The first-order chi connectivity index (χ1) is 7.15. The summed E-state index contributed by atoms with van der Waals surface area (Å²) in [5, 5.41) is 17.4. The summed E-state index contributed by atoms with van der Waals surface area (Å²) in [6.07, 6.45) is 8.66. The summed E-state index contributed by atoms with van der Waals surface area (Å²) < 4.78 is 0. The Bertz CT molecular complexity index is 341. The van der Waals surface area contributed by atoms with E-state index in [4.69, 9.17) is 10.4 Å². The smallest absolute Gasteiger partial charge is 0.346 e. The molecule has 1 rings (SSSR count). The fourth-order valence-electron chi connectivity index (χ4n) is 1.82. The van der Waals surface area contributed by atoms with E-state index in [2.05, 4.69) is 0 Å². The predicted molar refractivity (Wildman–Crippen MR) is 57.0 cm³/mol. The van der Waals surface area contributed by atoms with Crippen molar-refractivity contribution in [2.75, 3.05) is 0 Å². The minimum absolute atomic E-state index is 0.163. The summed E-state index contributed by atoms with van der Waals surface area (Å²) in [5.74, 6) is -0.584. The van der Waals surface area contributed by atoms with Crippen LogP contribution in [0.3, 0.4) is 0 Å². The molecule has 0 unspecified atom stereocenters. The average Bonchev–Trinajstić information content (AvgIpc) is 2.67. The van der Waals surface area contributed by atoms with Gasteiger partial charge in [0, 0.05) is 0 Å². The lowest BCUT2D eigenvalue weighted by Crippen LogP contribution is -2.00. The van der Waals surface area contributed by atoms with E-state index >= 15 is 0 Å². The van der Waals surface area contributed by atoms with Gasteiger partial charge in [-0.2, -0.15) is 5.26 Å². The molecule has 0 spiro atoms. The molecule has 0 saturated heterocycles. The van der Waals surface area contributed by atoms with Gasteiger partial charge in [-0.1, -0.05) is 25.0 Å². The van der Waals surface area contributed by atoms with Crippen molar-refractivity contribution in [2.24, 2.45) is 5.92 Å². The molecule has 1 aliphatic carbocycles. The molecule has 0 heterocycles. The Morgan fingerprint density at radius 3 is 2.53 bits per heavy atom. The summed E-state index contributed by atoms with van der Waals surface area (Å²) in [6.45, 7) is 1.66. The summed E-state index contributed by atoms with van der Waals surface area (Å²) in [7, 11) is 0. The zero-order valence-electron chi connectivity index (χ0n) is 8.86. The second-order valence-electron chi connectivity index (χ2n) is 3.88. The van der Waals surface area contributed by atoms with Crippen molar-refractivity contribution in [1.82, 2.24) is 0 Å². The number of hydrogen-bond donors (Lipinski definition) is 1. The maximum absolute atomic E-state index is 10.7. The molecule has 0 amide bonds. The van der Waals surface area contributed by atoms with E-state index in [1.807, 2.05) is 6.08 Å². The number of carboxylic acid groups (broad SMARTS) is 1. The Hall–Kier alpha value is -1.56. The van der Waals surface area contributed by atoms with Gasteiger partial charge in [0.15, 0.2) is 0 Å². The minimum Gasteiger partial charge on any atom is -0.477 e. The van der Waals surface area contributed by atoms with Gasteiger partial charge in [0.05, 0.1) is 0 Å². The number of allylic oxidation sites excluding steroid dienone is 3. The molecule has 0 bridgehead atoms.